The number of esters is 1. The highest BCUT2D eigenvalue weighted by molar-refractivity contribution is 6.55. The molecule has 1 aliphatic rings. The molecule has 1 N–H and O–H groups in total. The Morgan fingerprint density at radius 3 is 2.09 bits per heavy atom. The number of ether oxygens (including phenoxy) is 2. The number of nitro groups is 1. The minimum absolute atomic E-state index is 0.164. The Kier molecular flexibility index (Phi) is 7.75. The largest absolute Gasteiger partial charge is 0.496 e. The number of hydrogen-bond donors (Lipinski definition) is 1. The van der Waals surface area contributed by atoms with Crippen molar-refractivity contribution >= 4 is 81.5 Å². The minimum atomic E-state index is -1.49. The zero-order valence-electron chi connectivity index (χ0n) is 17.7. The summed E-state index contributed by atoms with van der Waals surface area (Å²) in [5.41, 5.74) is -1.25. The molecule has 11 nitrogen and oxygen atoms in total. The molecule has 0 aliphatic carbocycles. The highest BCUT2D eigenvalue weighted by atomic mass is 35.5. The van der Waals surface area contributed by atoms with Crippen LogP contribution in [0.4, 0.5) is 11.4 Å². The number of benzene rings is 2. The van der Waals surface area contributed by atoms with Crippen molar-refractivity contribution in [1.82, 2.24) is 4.90 Å². The van der Waals surface area contributed by atoms with Gasteiger partial charge >= 0.3 is 5.97 Å². The molecule has 1 aliphatic heterocycles. The quantitative estimate of drug-likeness (QED) is 0.130. The fourth-order valence-corrected chi connectivity index (χ4v) is 4.18. The molecule has 2 aromatic rings. The van der Waals surface area contributed by atoms with E-state index in [1.807, 2.05) is 0 Å². The van der Waals surface area contributed by atoms with E-state index in [0.717, 1.165) is 6.07 Å². The lowest BCUT2D eigenvalue weighted by molar-refractivity contribution is -0.384. The van der Waals surface area contributed by atoms with E-state index in [2.05, 4.69) is 5.32 Å². The van der Waals surface area contributed by atoms with Gasteiger partial charge in [-0.2, -0.15) is 0 Å². The van der Waals surface area contributed by atoms with Crippen LogP contribution in [0.15, 0.2) is 18.2 Å². The minimum Gasteiger partial charge on any atom is -0.496 e. The summed E-state index contributed by atoms with van der Waals surface area (Å²) in [6, 6.07) is 2.23. The average Bonchev–Trinajstić information content (AvgIpc) is 3.09. The third-order valence-corrected chi connectivity index (χ3v) is 6.68. The first kappa shape index (κ1) is 26.5. The van der Waals surface area contributed by atoms with Crippen LogP contribution in [0.3, 0.4) is 0 Å². The summed E-state index contributed by atoms with van der Waals surface area (Å²) in [7, 11) is 1.32. The molecule has 0 bridgehead atoms. The van der Waals surface area contributed by atoms with Crippen molar-refractivity contribution in [2.24, 2.45) is 0 Å². The zero-order valence-corrected chi connectivity index (χ0v) is 20.7. The number of amides is 3. The molecule has 3 amide bonds. The molecule has 35 heavy (non-hydrogen) atoms. The van der Waals surface area contributed by atoms with Crippen LogP contribution in [0.1, 0.15) is 27.6 Å². The molecule has 0 fully saturated rings. The van der Waals surface area contributed by atoms with Crippen LogP contribution in [0.5, 0.6) is 5.75 Å². The van der Waals surface area contributed by atoms with Crippen LogP contribution in [-0.2, 0) is 14.3 Å². The fraction of sp³-hybridized carbons (Fsp3) is 0.200. The molecule has 184 valence electrons. The molecule has 1 heterocycles. The predicted octanol–water partition coefficient (Wildman–Crippen LogP) is 4.38. The van der Waals surface area contributed by atoms with E-state index in [1.165, 1.54) is 26.2 Å². The summed E-state index contributed by atoms with van der Waals surface area (Å²) in [6.45, 7) is 0.315. The summed E-state index contributed by atoms with van der Waals surface area (Å²) in [6.07, 6.45) is 0. The van der Waals surface area contributed by atoms with Crippen molar-refractivity contribution in [3.05, 3.63) is 59.5 Å². The average molecular weight is 565 g/mol. The number of fused-ring (bicyclic) bond motifs is 1. The number of rotatable bonds is 7. The molecule has 0 saturated carbocycles. The summed E-state index contributed by atoms with van der Waals surface area (Å²) in [4.78, 5) is 61.4. The Labute approximate surface area is 216 Å². The van der Waals surface area contributed by atoms with Crippen molar-refractivity contribution < 1.29 is 33.6 Å². The topological polar surface area (TPSA) is 145 Å². The smallest absolute Gasteiger partial charge is 0.329 e. The molecule has 1 atom stereocenters. The van der Waals surface area contributed by atoms with Crippen molar-refractivity contribution in [1.29, 1.82) is 0 Å². The number of imide groups is 1. The lowest BCUT2D eigenvalue weighted by atomic mass is 10.1. The molecule has 15 heteroatoms. The van der Waals surface area contributed by atoms with Crippen molar-refractivity contribution in [3.8, 4) is 5.75 Å². The van der Waals surface area contributed by atoms with Crippen LogP contribution >= 0.6 is 46.4 Å². The van der Waals surface area contributed by atoms with Crippen LogP contribution < -0.4 is 10.1 Å². The van der Waals surface area contributed by atoms with Gasteiger partial charge in [0.15, 0.2) is 6.61 Å². The standard InChI is InChI=1S/C20H13Cl4N3O8/c1-7(26-18(29)12-13(19(26)30)15(22)17(24)16(23)14(12)21)20(31)35-6-11(28)25-9-4-3-8(34-2)5-10(9)27(32)33/h3-5,7H,6H2,1-2H3,(H,25,28)/t7-/m0/s1. The van der Waals surface area contributed by atoms with Crippen LogP contribution in [-0.4, -0.2) is 53.3 Å². The maximum absolute atomic E-state index is 12.8. The lowest BCUT2D eigenvalue weighted by Gasteiger charge is -2.20. The van der Waals surface area contributed by atoms with Crippen LogP contribution in [0.2, 0.25) is 20.1 Å². The molecular formula is C20H13Cl4N3O8. The summed E-state index contributed by atoms with van der Waals surface area (Å²) < 4.78 is 9.80. The number of nitrogens with zero attached hydrogens (tertiary/aromatic N) is 2. The zero-order chi connectivity index (χ0) is 26.2. The number of anilines is 1. The Hall–Kier alpha value is -3.12. The number of halogens is 4. The highest BCUT2D eigenvalue weighted by Crippen LogP contribution is 2.45. The molecular weight excluding hydrogens is 552 g/mol. The normalized spacial score (nSPS) is 13.4. The molecule has 0 radical (unpaired) electrons. The molecule has 3 rings (SSSR count). The van der Waals surface area contributed by atoms with E-state index in [4.69, 9.17) is 55.9 Å². The Balaban J connectivity index is 1.72. The molecule has 0 unspecified atom stereocenters. The van der Waals surface area contributed by atoms with Gasteiger partial charge in [0.05, 0.1) is 49.3 Å². The summed E-state index contributed by atoms with van der Waals surface area (Å²) in [5.74, 6) is -3.76. The van der Waals surface area contributed by atoms with Gasteiger partial charge in [-0.25, -0.2) is 4.79 Å². The Morgan fingerprint density at radius 2 is 1.60 bits per heavy atom. The second kappa shape index (κ2) is 10.2. The van der Waals surface area contributed by atoms with Crippen molar-refractivity contribution in [3.63, 3.8) is 0 Å². The van der Waals surface area contributed by atoms with Crippen molar-refractivity contribution in [2.75, 3.05) is 19.0 Å². The lowest BCUT2D eigenvalue weighted by Crippen LogP contribution is -2.44. The SMILES string of the molecule is COc1ccc(NC(=O)COC(=O)[C@H](C)N2C(=O)c3c(Cl)c(Cl)c(Cl)c(Cl)c3C2=O)c([N+](=O)[O-])c1. The second-order valence-corrected chi connectivity index (χ2v) is 8.47. The van der Waals surface area contributed by atoms with Gasteiger partial charge in [0.2, 0.25) is 0 Å². The first-order valence-electron chi connectivity index (χ1n) is 9.43. The Morgan fingerprint density at radius 1 is 1.06 bits per heavy atom. The van der Waals surface area contributed by atoms with Crippen LogP contribution in [0, 0.1) is 10.1 Å². The summed E-state index contributed by atoms with van der Waals surface area (Å²) in [5, 5.41) is 12.4. The third kappa shape index (κ3) is 4.85. The van der Waals surface area contributed by atoms with Gasteiger partial charge in [-0.3, -0.25) is 29.4 Å². The Bertz CT molecular complexity index is 1250. The first-order valence-corrected chi connectivity index (χ1v) is 10.9. The number of carbonyl (C=O) groups excluding carboxylic acids is 4. The first-order chi connectivity index (χ1) is 16.4. The van der Waals surface area contributed by atoms with Gasteiger partial charge in [0.1, 0.15) is 17.5 Å². The number of nitrogens with one attached hydrogen (secondary N) is 1. The van der Waals surface area contributed by atoms with E-state index in [-0.39, 0.29) is 42.7 Å². The third-order valence-electron chi connectivity index (χ3n) is 4.88. The molecule has 0 aromatic heterocycles. The number of carbonyl (C=O) groups is 4. The van der Waals surface area contributed by atoms with Gasteiger partial charge < -0.3 is 14.8 Å². The monoisotopic (exact) mass is 563 g/mol. The van der Waals surface area contributed by atoms with E-state index in [9.17, 15) is 29.3 Å². The maximum Gasteiger partial charge on any atom is 0.329 e. The van der Waals surface area contributed by atoms with Gasteiger partial charge in [0.25, 0.3) is 23.4 Å². The summed E-state index contributed by atoms with van der Waals surface area (Å²) >= 11 is 24.0. The van der Waals surface area contributed by atoms with Gasteiger partial charge in [-0.1, -0.05) is 46.4 Å². The number of methoxy groups -OCH3 is 1. The van der Waals surface area contributed by atoms with E-state index in [0.29, 0.717) is 4.90 Å². The number of nitro benzene ring substituents is 1. The van der Waals surface area contributed by atoms with E-state index < -0.39 is 47.0 Å². The number of hydrogen-bond acceptors (Lipinski definition) is 8. The van der Waals surface area contributed by atoms with Crippen LogP contribution in [0.25, 0.3) is 0 Å². The van der Waals surface area contributed by atoms with Gasteiger partial charge in [0, 0.05) is 0 Å². The predicted molar refractivity (Wildman–Crippen MR) is 126 cm³/mol. The molecule has 0 saturated heterocycles. The maximum atomic E-state index is 12.8. The van der Waals surface area contributed by atoms with E-state index in [1.54, 1.807) is 0 Å². The second-order valence-electron chi connectivity index (χ2n) is 6.96. The highest BCUT2D eigenvalue weighted by Gasteiger charge is 2.45. The fourth-order valence-electron chi connectivity index (χ4n) is 3.16. The van der Waals surface area contributed by atoms with Gasteiger partial charge in [-0.15, -0.1) is 0 Å². The van der Waals surface area contributed by atoms with E-state index >= 15 is 0 Å². The van der Waals surface area contributed by atoms with Crippen molar-refractivity contribution in [2.45, 2.75) is 13.0 Å². The molecule has 0 spiro atoms. The molecule has 2 aromatic carbocycles. The van der Waals surface area contributed by atoms with Gasteiger partial charge in [-0.05, 0) is 19.1 Å².